The summed E-state index contributed by atoms with van der Waals surface area (Å²) in [5.41, 5.74) is 0.803. The topological polar surface area (TPSA) is 58.6 Å². The Balaban J connectivity index is 1.86. The highest BCUT2D eigenvalue weighted by atomic mass is 16.4. The number of phenolic OH excluding ortho intramolecular Hbond substituents is 1. The molecule has 5 heteroatoms. The number of carbonyl (C=O) groups is 1. The average Bonchev–Trinajstić information content (AvgIpc) is 2.57. The Kier molecular flexibility index (Phi) is 4.42. The van der Waals surface area contributed by atoms with Crippen LogP contribution < -0.4 is 5.32 Å². The number of phenols is 1. The highest BCUT2D eigenvalue weighted by Gasteiger charge is 2.15. The minimum atomic E-state index is -0.0514. The smallest absolute Gasteiger partial charge is 0.298 e. The Labute approximate surface area is 107 Å². The normalized spacial score (nSPS) is 18.8. The van der Waals surface area contributed by atoms with Gasteiger partial charge in [-0.1, -0.05) is 24.3 Å². The molecule has 1 heterocycles. The van der Waals surface area contributed by atoms with Crippen molar-refractivity contribution < 1.29 is 14.6 Å². The van der Waals surface area contributed by atoms with Crippen molar-refractivity contribution in [3.63, 3.8) is 0 Å². The van der Waals surface area contributed by atoms with Crippen molar-refractivity contribution in [3.05, 3.63) is 42.0 Å². The van der Waals surface area contributed by atoms with Crippen LogP contribution in [0.4, 0.5) is 0 Å². The molecular weight excluding hydrogens is 229 g/mol. The average molecular weight is 245 g/mol. The number of hydrogen-bond donors (Lipinski definition) is 2. The number of nitrogens with one attached hydrogen (secondary N) is 1. The van der Waals surface area contributed by atoms with Gasteiger partial charge in [0.25, 0.3) is 7.48 Å². The van der Waals surface area contributed by atoms with Crippen LogP contribution in [0.2, 0.25) is 0 Å². The lowest BCUT2D eigenvalue weighted by molar-refractivity contribution is -0.120. The Morgan fingerprint density at radius 1 is 1.50 bits per heavy atom. The van der Waals surface area contributed by atoms with E-state index in [1.807, 2.05) is 18.2 Å². The van der Waals surface area contributed by atoms with Crippen molar-refractivity contribution in [2.75, 3.05) is 6.61 Å². The fraction of sp³-hybridized carbons (Fsp3) is 0.308. The van der Waals surface area contributed by atoms with E-state index in [-0.39, 0.29) is 24.0 Å². The molecule has 1 atom stereocenters. The standard InChI is InChI=1S/C13H16BNO3/c16-11-5-3-4-10(8-11)9-13(17)15-12-6-1-2-7-18-14-12/h1-5,8,12,14,16H,6-7,9H2,(H,15,17). The number of amides is 1. The third kappa shape index (κ3) is 3.93. The maximum atomic E-state index is 11.8. The second-order valence-electron chi connectivity index (χ2n) is 4.36. The van der Waals surface area contributed by atoms with Gasteiger partial charge in [0, 0.05) is 12.5 Å². The quantitative estimate of drug-likeness (QED) is 0.609. The molecule has 1 aromatic rings. The van der Waals surface area contributed by atoms with Gasteiger partial charge in [-0.05, 0) is 24.1 Å². The molecule has 1 amide bonds. The fourth-order valence-electron chi connectivity index (χ4n) is 1.91. The molecule has 0 radical (unpaired) electrons. The first-order valence-corrected chi connectivity index (χ1v) is 6.04. The summed E-state index contributed by atoms with van der Waals surface area (Å²) in [6.45, 7) is 0.610. The first-order chi connectivity index (χ1) is 8.74. The third-order valence-electron chi connectivity index (χ3n) is 2.76. The summed E-state index contributed by atoms with van der Waals surface area (Å²) in [4.78, 5) is 11.8. The number of carbonyl (C=O) groups excluding carboxylic acids is 1. The van der Waals surface area contributed by atoms with Crippen LogP contribution >= 0.6 is 0 Å². The molecule has 0 aromatic heterocycles. The minimum Gasteiger partial charge on any atom is -0.508 e. The van der Waals surface area contributed by atoms with Crippen LogP contribution in [-0.4, -0.2) is 31.0 Å². The van der Waals surface area contributed by atoms with E-state index in [0.29, 0.717) is 14.1 Å². The Bertz CT molecular complexity index is 448. The van der Waals surface area contributed by atoms with E-state index in [1.54, 1.807) is 18.2 Å². The minimum absolute atomic E-state index is 0.0357. The van der Waals surface area contributed by atoms with Gasteiger partial charge >= 0.3 is 0 Å². The Hall–Kier alpha value is -1.75. The van der Waals surface area contributed by atoms with Gasteiger partial charge in [0.2, 0.25) is 5.91 Å². The van der Waals surface area contributed by atoms with Gasteiger partial charge < -0.3 is 15.1 Å². The van der Waals surface area contributed by atoms with Crippen LogP contribution in [0.1, 0.15) is 12.0 Å². The summed E-state index contributed by atoms with van der Waals surface area (Å²) in [7, 11) is 0.540. The van der Waals surface area contributed by atoms with E-state index in [0.717, 1.165) is 12.0 Å². The SMILES string of the molecule is O=C(Cc1cccc(O)c1)NC1BOCC=CC1. The second-order valence-corrected chi connectivity index (χ2v) is 4.36. The summed E-state index contributed by atoms with van der Waals surface area (Å²) in [5.74, 6) is 0.166. The summed E-state index contributed by atoms with van der Waals surface area (Å²) >= 11 is 0. The molecule has 4 nitrogen and oxygen atoms in total. The van der Waals surface area contributed by atoms with Gasteiger partial charge in [-0.3, -0.25) is 4.79 Å². The van der Waals surface area contributed by atoms with Crippen molar-refractivity contribution in [2.45, 2.75) is 18.8 Å². The first kappa shape index (κ1) is 12.7. The molecule has 2 rings (SSSR count). The molecule has 0 saturated heterocycles. The summed E-state index contributed by atoms with van der Waals surface area (Å²) in [6, 6.07) is 6.74. The van der Waals surface area contributed by atoms with Crippen LogP contribution in [0.25, 0.3) is 0 Å². The van der Waals surface area contributed by atoms with Crippen LogP contribution in [-0.2, 0) is 15.9 Å². The lowest BCUT2D eigenvalue weighted by atomic mass is 9.85. The van der Waals surface area contributed by atoms with Crippen molar-refractivity contribution in [2.24, 2.45) is 0 Å². The molecule has 0 fully saturated rings. The largest absolute Gasteiger partial charge is 0.508 e. The lowest BCUT2D eigenvalue weighted by Crippen LogP contribution is -2.40. The van der Waals surface area contributed by atoms with Crippen molar-refractivity contribution in [3.8, 4) is 5.75 Å². The summed E-state index contributed by atoms with van der Waals surface area (Å²) in [5, 5.41) is 12.3. The van der Waals surface area contributed by atoms with Gasteiger partial charge in [0.05, 0.1) is 6.42 Å². The molecule has 94 valence electrons. The van der Waals surface area contributed by atoms with Gasteiger partial charge in [0.1, 0.15) is 5.75 Å². The molecular formula is C13H16BNO3. The van der Waals surface area contributed by atoms with E-state index in [2.05, 4.69) is 5.32 Å². The van der Waals surface area contributed by atoms with E-state index in [4.69, 9.17) is 4.65 Å². The van der Waals surface area contributed by atoms with E-state index >= 15 is 0 Å². The zero-order chi connectivity index (χ0) is 12.8. The van der Waals surface area contributed by atoms with Gasteiger partial charge in [0.15, 0.2) is 0 Å². The maximum Gasteiger partial charge on any atom is 0.298 e. The van der Waals surface area contributed by atoms with E-state index < -0.39 is 0 Å². The number of rotatable bonds is 3. The monoisotopic (exact) mass is 245 g/mol. The van der Waals surface area contributed by atoms with Crippen LogP contribution in [0.15, 0.2) is 36.4 Å². The Morgan fingerprint density at radius 2 is 2.39 bits per heavy atom. The molecule has 0 saturated carbocycles. The van der Waals surface area contributed by atoms with Crippen molar-refractivity contribution in [1.29, 1.82) is 0 Å². The van der Waals surface area contributed by atoms with Gasteiger partial charge in [-0.2, -0.15) is 0 Å². The van der Waals surface area contributed by atoms with Crippen molar-refractivity contribution in [1.82, 2.24) is 5.32 Å². The number of hydrogen-bond acceptors (Lipinski definition) is 3. The van der Waals surface area contributed by atoms with E-state index in [1.165, 1.54) is 0 Å². The predicted molar refractivity (Wildman–Crippen MR) is 70.6 cm³/mol. The molecule has 18 heavy (non-hydrogen) atoms. The fourth-order valence-corrected chi connectivity index (χ4v) is 1.91. The number of benzene rings is 1. The van der Waals surface area contributed by atoms with Crippen LogP contribution in [0, 0.1) is 0 Å². The molecule has 1 aromatic carbocycles. The summed E-state index contributed by atoms with van der Waals surface area (Å²) in [6.07, 6.45) is 5.05. The zero-order valence-corrected chi connectivity index (χ0v) is 10.1. The lowest BCUT2D eigenvalue weighted by Gasteiger charge is -2.14. The van der Waals surface area contributed by atoms with Crippen LogP contribution in [0.5, 0.6) is 5.75 Å². The van der Waals surface area contributed by atoms with Gasteiger partial charge in [-0.25, -0.2) is 0 Å². The van der Waals surface area contributed by atoms with Crippen LogP contribution in [0.3, 0.4) is 0 Å². The Morgan fingerprint density at radius 3 is 3.22 bits per heavy atom. The molecule has 0 bridgehead atoms. The molecule has 2 N–H and O–H groups in total. The summed E-state index contributed by atoms with van der Waals surface area (Å²) < 4.78 is 5.34. The highest BCUT2D eigenvalue weighted by Crippen LogP contribution is 2.11. The van der Waals surface area contributed by atoms with Crippen molar-refractivity contribution >= 4 is 13.4 Å². The van der Waals surface area contributed by atoms with Gasteiger partial charge in [-0.15, -0.1) is 0 Å². The third-order valence-corrected chi connectivity index (χ3v) is 2.76. The maximum absolute atomic E-state index is 11.8. The molecule has 0 spiro atoms. The molecule has 0 aliphatic carbocycles. The molecule has 1 aliphatic rings. The molecule has 1 unspecified atom stereocenters. The zero-order valence-electron chi connectivity index (χ0n) is 10.1. The van der Waals surface area contributed by atoms with E-state index in [9.17, 15) is 9.90 Å². The first-order valence-electron chi connectivity index (χ1n) is 6.04. The predicted octanol–water partition coefficient (Wildman–Crippen LogP) is 0.705. The molecule has 1 aliphatic heterocycles. The highest BCUT2D eigenvalue weighted by molar-refractivity contribution is 6.30. The number of aromatic hydroxyl groups is 1. The second kappa shape index (κ2) is 6.26.